The molecular formula is C13H18N2O2S. The summed E-state index contributed by atoms with van der Waals surface area (Å²) >= 11 is 1.65. The Morgan fingerprint density at radius 1 is 1.44 bits per heavy atom. The maximum atomic E-state index is 12.1. The monoisotopic (exact) mass is 266 g/mol. The molecule has 2 unspecified atom stereocenters. The van der Waals surface area contributed by atoms with Crippen molar-refractivity contribution >= 4 is 23.2 Å². The Morgan fingerprint density at radius 2 is 2.22 bits per heavy atom. The summed E-state index contributed by atoms with van der Waals surface area (Å²) in [5.41, 5.74) is 1.22. The van der Waals surface area contributed by atoms with Crippen LogP contribution in [0.15, 0.2) is 16.8 Å². The molecular weight excluding hydrogens is 248 g/mol. The summed E-state index contributed by atoms with van der Waals surface area (Å²) < 4.78 is 0. The molecule has 0 saturated carbocycles. The summed E-state index contributed by atoms with van der Waals surface area (Å²) in [6.45, 7) is 4.29. The molecule has 2 rings (SSSR count). The van der Waals surface area contributed by atoms with E-state index in [0.717, 1.165) is 6.42 Å². The van der Waals surface area contributed by atoms with E-state index >= 15 is 0 Å². The largest absolute Gasteiger partial charge is 0.343 e. The van der Waals surface area contributed by atoms with Crippen LogP contribution in [-0.2, 0) is 16.0 Å². The second-order valence-electron chi connectivity index (χ2n) is 4.57. The third-order valence-corrected chi connectivity index (χ3v) is 4.03. The number of nitrogens with one attached hydrogen (secondary N) is 1. The molecule has 1 fully saturated rings. The van der Waals surface area contributed by atoms with Gasteiger partial charge in [-0.2, -0.15) is 11.3 Å². The molecule has 2 atom stereocenters. The summed E-state index contributed by atoms with van der Waals surface area (Å²) in [5.74, 6) is -0.00778. The zero-order valence-electron chi connectivity index (χ0n) is 10.7. The predicted molar refractivity (Wildman–Crippen MR) is 71.4 cm³/mol. The molecule has 1 aromatic heterocycles. The first-order chi connectivity index (χ1) is 8.63. The summed E-state index contributed by atoms with van der Waals surface area (Å²) in [6.07, 6.45) is 1.47. The molecule has 1 saturated heterocycles. The van der Waals surface area contributed by atoms with Gasteiger partial charge < -0.3 is 10.2 Å². The van der Waals surface area contributed by atoms with Crippen LogP contribution < -0.4 is 5.32 Å². The Labute approximate surface area is 111 Å². The minimum absolute atomic E-state index is 0.0247. The standard InChI is InChI=1S/C13H18N2O2S/c1-3-11-12(16)14-9(2)13(17)15(11)6-4-10-5-7-18-8-10/h5,7-9,11H,3-4,6H2,1-2H3,(H,14,16). The summed E-state index contributed by atoms with van der Waals surface area (Å²) in [7, 11) is 0. The van der Waals surface area contributed by atoms with E-state index in [-0.39, 0.29) is 17.9 Å². The predicted octanol–water partition coefficient (Wildman–Crippen LogP) is 1.42. The third-order valence-electron chi connectivity index (χ3n) is 3.30. The third kappa shape index (κ3) is 2.56. The Bertz CT molecular complexity index is 430. The zero-order valence-corrected chi connectivity index (χ0v) is 11.5. The van der Waals surface area contributed by atoms with Gasteiger partial charge in [0, 0.05) is 6.54 Å². The first kappa shape index (κ1) is 13.1. The minimum atomic E-state index is -0.400. The first-order valence-corrected chi connectivity index (χ1v) is 7.19. The second kappa shape index (κ2) is 5.52. The van der Waals surface area contributed by atoms with Crippen LogP contribution in [0.5, 0.6) is 0 Å². The van der Waals surface area contributed by atoms with E-state index in [1.807, 2.05) is 12.3 Å². The van der Waals surface area contributed by atoms with Crippen molar-refractivity contribution in [1.29, 1.82) is 0 Å². The van der Waals surface area contributed by atoms with Gasteiger partial charge in [0.2, 0.25) is 11.8 Å². The molecule has 1 aromatic rings. The molecule has 0 bridgehead atoms. The lowest BCUT2D eigenvalue weighted by Gasteiger charge is -2.37. The van der Waals surface area contributed by atoms with E-state index in [0.29, 0.717) is 13.0 Å². The lowest BCUT2D eigenvalue weighted by Crippen LogP contribution is -2.62. The van der Waals surface area contributed by atoms with Crippen molar-refractivity contribution < 1.29 is 9.59 Å². The number of carbonyl (C=O) groups excluding carboxylic acids is 2. The van der Waals surface area contributed by atoms with Gasteiger partial charge in [-0.1, -0.05) is 6.92 Å². The molecule has 4 nitrogen and oxygen atoms in total. The molecule has 5 heteroatoms. The molecule has 2 amide bonds. The van der Waals surface area contributed by atoms with Gasteiger partial charge in [-0.25, -0.2) is 0 Å². The van der Waals surface area contributed by atoms with Crippen molar-refractivity contribution in [2.24, 2.45) is 0 Å². The van der Waals surface area contributed by atoms with E-state index in [4.69, 9.17) is 0 Å². The van der Waals surface area contributed by atoms with Crippen LogP contribution in [0.2, 0.25) is 0 Å². The van der Waals surface area contributed by atoms with Gasteiger partial charge in [0.05, 0.1) is 0 Å². The van der Waals surface area contributed by atoms with Gasteiger partial charge >= 0.3 is 0 Å². The zero-order chi connectivity index (χ0) is 13.1. The molecule has 0 aromatic carbocycles. The molecule has 0 aliphatic carbocycles. The van der Waals surface area contributed by atoms with Crippen molar-refractivity contribution in [3.05, 3.63) is 22.4 Å². The van der Waals surface area contributed by atoms with Crippen molar-refractivity contribution in [3.63, 3.8) is 0 Å². The lowest BCUT2D eigenvalue weighted by molar-refractivity contribution is -0.148. The minimum Gasteiger partial charge on any atom is -0.343 e. The van der Waals surface area contributed by atoms with Gasteiger partial charge in [0.15, 0.2) is 0 Å². The number of nitrogens with zero attached hydrogens (tertiary/aromatic N) is 1. The fraction of sp³-hybridized carbons (Fsp3) is 0.538. The normalized spacial score (nSPS) is 24.2. The van der Waals surface area contributed by atoms with Crippen molar-refractivity contribution in [2.45, 2.75) is 38.8 Å². The highest BCUT2D eigenvalue weighted by molar-refractivity contribution is 7.07. The van der Waals surface area contributed by atoms with Gasteiger partial charge in [-0.05, 0) is 42.2 Å². The van der Waals surface area contributed by atoms with Crippen LogP contribution in [0.3, 0.4) is 0 Å². The van der Waals surface area contributed by atoms with Crippen molar-refractivity contribution in [2.75, 3.05) is 6.54 Å². The van der Waals surface area contributed by atoms with Gasteiger partial charge in [-0.15, -0.1) is 0 Å². The number of hydrogen-bond acceptors (Lipinski definition) is 3. The highest BCUT2D eigenvalue weighted by atomic mass is 32.1. The lowest BCUT2D eigenvalue weighted by atomic mass is 10.0. The SMILES string of the molecule is CCC1C(=O)NC(C)C(=O)N1CCc1ccsc1. The first-order valence-electron chi connectivity index (χ1n) is 6.25. The van der Waals surface area contributed by atoms with E-state index in [1.165, 1.54) is 5.56 Å². The molecule has 2 heterocycles. The van der Waals surface area contributed by atoms with Crippen LogP contribution in [0.1, 0.15) is 25.8 Å². The van der Waals surface area contributed by atoms with E-state index in [9.17, 15) is 9.59 Å². The average Bonchev–Trinajstić information content (AvgIpc) is 2.85. The second-order valence-corrected chi connectivity index (χ2v) is 5.35. The Balaban J connectivity index is 2.06. The van der Waals surface area contributed by atoms with Crippen LogP contribution in [-0.4, -0.2) is 35.3 Å². The summed E-state index contributed by atoms with van der Waals surface area (Å²) in [4.78, 5) is 25.7. The van der Waals surface area contributed by atoms with Gasteiger partial charge in [0.25, 0.3) is 0 Å². The van der Waals surface area contributed by atoms with Gasteiger partial charge in [0.1, 0.15) is 12.1 Å². The summed E-state index contributed by atoms with van der Waals surface area (Å²) in [6, 6.07) is 1.35. The number of thiophene rings is 1. The molecule has 1 aliphatic heterocycles. The number of carbonyl (C=O) groups is 2. The Kier molecular flexibility index (Phi) is 4.01. The molecule has 98 valence electrons. The maximum absolute atomic E-state index is 12.1. The van der Waals surface area contributed by atoms with Crippen LogP contribution in [0.4, 0.5) is 0 Å². The average molecular weight is 266 g/mol. The smallest absolute Gasteiger partial charge is 0.245 e. The van der Waals surface area contributed by atoms with Crippen LogP contribution in [0, 0.1) is 0 Å². The fourth-order valence-electron chi connectivity index (χ4n) is 2.27. The maximum Gasteiger partial charge on any atom is 0.245 e. The highest BCUT2D eigenvalue weighted by Gasteiger charge is 2.36. The molecule has 1 aliphatic rings. The molecule has 18 heavy (non-hydrogen) atoms. The van der Waals surface area contributed by atoms with Crippen molar-refractivity contribution in [1.82, 2.24) is 10.2 Å². The fourth-order valence-corrected chi connectivity index (χ4v) is 2.97. The Morgan fingerprint density at radius 3 is 2.83 bits per heavy atom. The number of amides is 2. The topological polar surface area (TPSA) is 49.4 Å². The Hall–Kier alpha value is -1.36. The quantitative estimate of drug-likeness (QED) is 0.896. The molecule has 1 N–H and O–H groups in total. The van der Waals surface area contributed by atoms with E-state index in [1.54, 1.807) is 23.2 Å². The van der Waals surface area contributed by atoms with Gasteiger partial charge in [-0.3, -0.25) is 9.59 Å². The van der Waals surface area contributed by atoms with Crippen LogP contribution in [0.25, 0.3) is 0 Å². The van der Waals surface area contributed by atoms with Crippen molar-refractivity contribution in [3.8, 4) is 0 Å². The molecule has 0 spiro atoms. The number of rotatable bonds is 4. The summed E-state index contributed by atoms with van der Waals surface area (Å²) in [5, 5.41) is 6.84. The van der Waals surface area contributed by atoms with E-state index < -0.39 is 6.04 Å². The van der Waals surface area contributed by atoms with E-state index in [2.05, 4.69) is 16.8 Å². The number of hydrogen-bond donors (Lipinski definition) is 1. The van der Waals surface area contributed by atoms with Crippen LogP contribution >= 0.6 is 11.3 Å². The highest BCUT2D eigenvalue weighted by Crippen LogP contribution is 2.15. The number of piperazine rings is 1. The molecule has 0 radical (unpaired) electrons.